The van der Waals surface area contributed by atoms with Gasteiger partial charge in [-0.3, -0.25) is 9.36 Å². The summed E-state index contributed by atoms with van der Waals surface area (Å²) in [4.78, 5) is 16.5. The Hall–Kier alpha value is -1.54. The van der Waals surface area contributed by atoms with Gasteiger partial charge < -0.3 is 17.3 Å². The largest absolute Gasteiger partial charge is 1.00 e. The minimum atomic E-state index is 0. The molecule has 4 nitrogen and oxygen atoms in total. The highest BCUT2D eigenvalue weighted by atomic mass is 35.5. The second-order valence-corrected chi connectivity index (χ2v) is 9.31. The van der Waals surface area contributed by atoms with Crippen molar-refractivity contribution in [3.05, 3.63) is 59.9 Å². The van der Waals surface area contributed by atoms with Crippen LogP contribution >= 0.6 is 34.4 Å². The summed E-state index contributed by atoms with van der Waals surface area (Å²) in [6.45, 7) is 7.92. The first-order chi connectivity index (χ1) is 13.0. The first kappa shape index (κ1) is 21.2. The summed E-state index contributed by atoms with van der Waals surface area (Å²) in [5, 5.41) is 4.38. The zero-order valence-electron chi connectivity index (χ0n) is 16.2. The van der Waals surface area contributed by atoms with Crippen LogP contribution in [0.2, 0.25) is 0 Å². The molecular weight excluding hydrogens is 430 g/mol. The molecule has 0 radical (unpaired) electrons. The van der Waals surface area contributed by atoms with Crippen LogP contribution in [0.1, 0.15) is 24.5 Å². The van der Waals surface area contributed by atoms with E-state index < -0.39 is 0 Å². The van der Waals surface area contributed by atoms with E-state index in [0.717, 1.165) is 26.5 Å². The quantitative estimate of drug-likeness (QED) is 0.514. The molecule has 0 unspecified atom stereocenters. The van der Waals surface area contributed by atoms with Crippen LogP contribution in [0.3, 0.4) is 0 Å². The topological polar surface area (TPSA) is 29.1 Å². The van der Waals surface area contributed by atoms with Crippen molar-refractivity contribution >= 4 is 51.2 Å². The summed E-state index contributed by atoms with van der Waals surface area (Å²) in [6, 6.07) is 8.30. The molecule has 0 amide bonds. The van der Waals surface area contributed by atoms with Crippen LogP contribution in [0, 0.1) is 6.92 Å². The van der Waals surface area contributed by atoms with Crippen molar-refractivity contribution in [1.29, 1.82) is 0 Å². The van der Waals surface area contributed by atoms with Gasteiger partial charge in [-0.1, -0.05) is 35.2 Å². The molecular formula is C20H22ClN3OS3. The SMILES string of the molecule is CCn1c(=O)/c(=C2\Sc3ccccc3N2C)s/c1=C\c1scc(C)[n+]1CC.[Cl-]. The summed E-state index contributed by atoms with van der Waals surface area (Å²) in [5.41, 5.74) is 2.52. The Kier molecular flexibility index (Phi) is 6.39. The van der Waals surface area contributed by atoms with E-state index in [1.54, 1.807) is 34.4 Å². The predicted octanol–water partition coefficient (Wildman–Crippen LogP) is -0.252. The molecule has 8 heteroatoms. The fourth-order valence-electron chi connectivity index (χ4n) is 3.34. The Labute approximate surface area is 182 Å². The van der Waals surface area contributed by atoms with Crippen LogP contribution in [0.25, 0.3) is 11.1 Å². The number of hydrogen-bond donors (Lipinski definition) is 0. The summed E-state index contributed by atoms with van der Waals surface area (Å²) in [6.07, 6.45) is 2.16. The van der Waals surface area contributed by atoms with Crippen LogP contribution in [0.15, 0.2) is 39.3 Å². The van der Waals surface area contributed by atoms with Gasteiger partial charge in [-0.2, -0.15) is 4.57 Å². The molecule has 2 aromatic heterocycles. The van der Waals surface area contributed by atoms with Crippen LogP contribution in [-0.4, -0.2) is 11.6 Å². The first-order valence-electron chi connectivity index (χ1n) is 8.99. The van der Waals surface area contributed by atoms with Crippen molar-refractivity contribution in [3.63, 3.8) is 0 Å². The Morgan fingerprint density at radius 2 is 1.96 bits per heavy atom. The Morgan fingerprint density at radius 3 is 2.64 bits per heavy atom. The molecule has 1 aromatic carbocycles. The van der Waals surface area contributed by atoms with Gasteiger partial charge in [0.1, 0.15) is 20.8 Å². The molecule has 148 valence electrons. The molecule has 28 heavy (non-hydrogen) atoms. The van der Waals surface area contributed by atoms with Gasteiger partial charge in [0, 0.05) is 25.4 Å². The average molecular weight is 452 g/mol. The second kappa shape index (κ2) is 8.45. The molecule has 1 aliphatic heterocycles. The van der Waals surface area contributed by atoms with Crippen molar-refractivity contribution in [2.45, 2.75) is 38.8 Å². The number of halogens is 1. The van der Waals surface area contributed by atoms with Crippen molar-refractivity contribution in [2.24, 2.45) is 0 Å². The van der Waals surface area contributed by atoms with Gasteiger partial charge in [-0.05, 0) is 26.0 Å². The van der Waals surface area contributed by atoms with Gasteiger partial charge in [0.2, 0.25) is 0 Å². The molecule has 0 bridgehead atoms. The number of rotatable bonds is 3. The van der Waals surface area contributed by atoms with Crippen LogP contribution in [0.4, 0.5) is 5.69 Å². The Balaban J connectivity index is 0.00000225. The second-order valence-electron chi connectivity index (χ2n) is 6.36. The molecule has 0 saturated heterocycles. The Bertz CT molecular complexity index is 1190. The fourth-order valence-corrected chi connectivity index (χ4v) is 6.87. The average Bonchev–Trinajstić information content (AvgIpc) is 3.29. The smallest absolute Gasteiger partial charge is 0.271 e. The maximum atomic E-state index is 13.1. The molecule has 0 saturated carbocycles. The zero-order chi connectivity index (χ0) is 19.1. The normalized spacial score (nSPS) is 15.7. The van der Waals surface area contributed by atoms with E-state index >= 15 is 0 Å². The van der Waals surface area contributed by atoms with Gasteiger partial charge in [0.15, 0.2) is 5.69 Å². The van der Waals surface area contributed by atoms with Crippen LogP contribution < -0.4 is 36.6 Å². The van der Waals surface area contributed by atoms with Gasteiger partial charge in [0.05, 0.1) is 17.1 Å². The third-order valence-corrected chi connectivity index (χ3v) is 8.29. The minimum Gasteiger partial charge on any atom is -1.00 e. The van der Waals surface area contributed by atoms with E-state index in [9.17, 15) is 4.79 Å². The molecule has 0 spiro atoms. The number of thiazole rings is 2. The molecule has 4 rings (SSSR count). The zero-order valence-corrected chi connectivity index (χ0v) is 19.4. The van der Waals surface area contributed by atoms with Crippen molar-refractivity contribution in [3.8, 4) is 0 Å². The fraction of sp³-hybridized carbons (Fsp3) is 0.300. The standard InChI is InChI=1S/C20H22N3OS3.ClH/c1-5-22-13(3)12-25-16(22)11-17-23(6-2)19(24)18(27-17)20-21(4)14-9-7-8-10-15(14)26-20;/h7-12H,5-6H2,1-4H3;1H/q+1;/p-1/b20-18+;. The number of hydrogen-bond acceptors (Lipinski definition) is 5. The summed E-state index contributed by atoms with van der Waals surface area (Å²) in [5.74, 6) is 0. The molecule has 0 N–H and O–H groups in total. The Morgan fingerprint density at radius 1 is 1.21 bits per heavy atom. The molecule has 0 aliphatic carbocycles. The highest BCUT2D eigenvalue weighted by Crippen LogP contribution is 2.44. The van der Waals surface area contributed by atoms with Gasteiger partial charge >= 0.3 is 0 Å². The highest BCUT2D eigenvalue weighted by Gasteiger charge is 2.24. The number of thioether (sulfide) groups is 1. The monoisotopic (exact) mass is 451 g/mol. The maximum absolute atomic E-state index is 13.1. The van der Waals surface area contributed by atoms with Crippen molar-refractivity contribution < 1.29 is 17.0 Å². The molecule has 3 aromatic rings. The molecule has 1 aliphatic rings. The van der Waals surface area contributed by atoms with E-state index in [2.05, 4.69) is 46.9 Å². The predicted molar refractivity (Wildman–Crippen MR) is 116 cm³/mol. The van der Waals surface area contributed by atoms with Gasteiger partial charge in [-0.25, -0.2) is 0 Å². The number of anilines is 1. The number of nitrogens with zero attached hydrogens (tertiary/aromatic N) is 3. The maximum Gasteiger partial charge on any atom is 0.271 e. The summed E-state index contributed by atoms with van der Waals surface area (Å²) in [7, 11) is 2.04. The number of fused-ring (bicyclic) bond motifs is 1. The first-order valence-corrected chi connectivity index (χ1v) is 11.5. The molecule has 0 fully saturated rings. The minimum absolute atomic E-state index is 0. The van der Waals surface area contributed by atoms with Crippen LogP contribution in [-0.2, 0) is 13.1 Å². The summed E-state index contributed by atoms with van der Waals surface area (Å²) < 4.78 is 6.01. The third kappa shape index (κ3) is 3.45. The number of aryl methyl sites for hydroxylation is 1. The van der Waals surface area contributed by atoms with Crippen molar-refractivity contribution in [2.75, 3.05) is 11.9 Å². The molecule has 3 heterocycles. The van der Waals surface area contributed by atoms with E-state index in [4.69, 9.17) is 0 Å². The van der Waals surface area contributed by atoms with E-state index in [0.29, 0.717) is 6.54 Å². The van der Waals surface area contributed by atoms with E-state index in [1.807, 2.05) is 30.7 Å². The van der Waals surface area contributed by atoms with E-state index in [-0.39, 0.29) is 18.0 Å². The number of aromatic nitrogens is 2. The number of benzene rings is 1. The summed E-state index contributed by atoms with van der Waals surface area (Å²) >= 11 is 5.01. The lowest BCUT2D eigenvalue weighted by Gasteiger charge is -2.11. The third-order valence-electron chi connectivity index (χ3n) is 4.77. The van der Waals surface area contributed by atoms with Gasteiger partial charge in [0.25, 0.3) is 10.6 Å². The van der Waals surface area contributed by atoms with Gasteiger partial charge in [-0.15, -0.1) is 11.3 Å². The number of para-hydroxylation sites is 1. The van der Waals surface area contributed by atoms with E-state index in [1.165, 1.54) is 15.6 Å². The van der Waals surface area contributed by atoms with Crippen LogP contribution in [0.5, 0.6) is 0 Å². The highest BCUT2D eigenvalue weighted by molar-refractivity contribution is 8.08. The lowest BCUT2D eigenvalue weighted by atomic mass is 10.3. The lowest BCUT2D eigenvalue weighted by molar-refractivity contribution is -0.696. The molecule has 0 atom stereocenters. The van der Waals surface area contributed by atoms with Crippen molar-refractivity contribution in [1.82, 2.24) is 4.57 Å². The lowest BCUT2D eigenvalue weighted by Crippen LogP contribution is -3.00.